The Morgan fingerprint density at radius 3 is 2.10 bits per heavy atom. The molecule has 2 N–H and O–H groups in total. The lowest BCUT2D eigenvalue weighted by molar-refractivity contribution is -0.115. The molecular weight excluding hydrogens is 506 g/mol. The van der Waals surface area contributed by atoms with Gasteiger partial charge in [-0.2, -0.15) is 0 Å². The summed E-state index contributed by atoms with van der Waals surface area (Å²) in [7, 11) is 0. The van der Waals surface area contributed by atoms with Crippen LogP contribution in [0.15, 0.2) is 109 Å². The van der Waals surface area contributed by atoms with E-state index >= 15 is 0 Å². The monoisotopic (exact) mass is 531 g/mol. The average molecular weight is 532 g/mol. The van der Waals surface area contributed by atoms with Crippen LogP contribution in [0.2, 0.25) is 0 Å². The number of rotatable bonds is 7. The van der Waals surface area contributed by atoms with Gasteiger partial charge in [0.2, 0.25) is 5.91 Å². The Kier molecular flexibility index (Phi) is 6.89. The Labute approximate surface area is 230 Å². The van der Waals surface area contributed by atoms with Gasteiger partial charge in [0.25, 0.3) is 0 Å². The maximum atomic E-state index is 12.4. The van der Waals surface area contributed by atoms with Crippen LogP contribution in [-0.4, -0.2) is 30.1 Å². The Morgan fingerprint density at radius 2 is 1.41 bits per heavy atom. The SMILES string of the molecule is O=C(CNC(=O)OCC1c2ccccc2-c2ccccc21)Nc1ccc(-c2csc(-c3ccccc3)n2)cc1. The van der Waals surface area contributed by atoms with E-state index in [1.807, 2.05) is 84.2 Å². The third-order valence-corrected chi connectivity index (χ3v) is 7.62. The summed E-state index contributed by atoms with van der Waals surface area (Å²) in [5.41, 5.74) is 8.18. The topological polar surface area (TPSA) is 80.3 Å². The number of benzene rings is 4. The highest BCUT2D eigenvalue weighted by Crippen LogP contribution is 2.44. The molecule has 7 heteroatoms. The molecule has 1 heterocycles. The number of amides is 2. The zero-order valence-electron chi connectivity index (χ0n) is 21.0. The van der Waals surface area contributed by atoms with Crippen LogP contribution in [-0.2, 0) is 9.53 Å². The first kappa shape index (κ1) is 24.6. The highest BCUT2D eigenvalue weighted by atomic mass is 32.1. The molecule has 0 unspecified atom stereocenters. The van der Waals surface area contributed by atoms with Crippen molar-refractivity contribution < 1.29 is 14.3 Å². The van der Waals surface area contributed by atoms with Crippen LogP contribution in [0.4, 0.5) is 10.5 Å². The second kappa shape index (κ2) is 10.9. The zero-order valence-corrected chi connectivity index (χ0v) is 21.8. The standard InChI is InChI=1S/C32H25N3O3S/c36-30(34-23-16-14-21(15-17-23)29-20-39-31(35-29)22-8-2-1-3-9-22)18-33-32(37)38-19-28-26-12-6-4-10-24(26)25-11-5-7-13-27(25)28/h1-17,20,28H,18-19H2,(H,33,37)(H,34,36). The van der Waals surface area contributed by atoms with Crippen LogP contribution < -0.4 is 10.6 Å². The van der Waals surface area contributed by atoms with Crippen molar-refractivity contribution in [2.75, 3.05) is 18.5 Å². The van der Waals surface area contributed by atoms with Gasteiger partial charge in [0.1, 0.15) is 18.2 Å². The lowest BCUT2D eigenvalue weighted by Crippen LogP contribution is -2.33. The molecule has 5 aromatic rings. The Balaban J connectivity index is 1.00. The van der Waals surface area contributed by atoms with Crippen LogP contribution in [0.25, 0.3) is 33.0 Å². The van der Waals surface area contributed by atoms with E-state index in [2.05, 4.69) is 34.9 Å². The maximum Gasteiger partial charge on any atom is 0.407 e. The largest absolute Gasteiger partial charge is 0.449 e. The molecule has 0 aliphatic heterocycles. The summed E-state index contributed by atoms with van der Waals surface area (Å²) in [5.74, 6) is -0.367. The smallest absolute Gasteiger partial charge is 0.407 e. The van der Waals surface area contributed by atoms with Gasteiger partial charge in [-0.05, 0) is 34.4 Å². The summed E-state index contributed by atoms with van der Waals surface area (Å²) in [4.78, 5) is 29.5. The van der Waals surface area contributed by atoms with Gasteiger partial charge in [-0.25, -0.2) is 9.78 Å². The van der Waals surface area contributed by atoms with Gasteiger partial charge in [0.15, 0.2) is 0 Å². The molecule has 1 aliphatic rings. The molecular formula is C32H25N3O3S. The number of aromatic nitrogens is 1. The second-order valence-electron chi connectivity index (χ2n) is 9.21. The highest BCUT2D eigenvalue weighted by Gasteiger charge is 2.29. The van der Waals surface area contributed by atoms with Gasteiger partial charge in [0, 0.05) is 28.1 Å². The number of thiazole rings is 1. The maximum absolute atomic E-state index is 12.4. The molecule has 6 rings (SSSR count). The first-order valence-corrected chi connectivity index (χ1v) is 13.5. The van der Waals surface area contributed by atoms with Crippen LogP contribution >= 0.6 is 11.3 Å². The van der Waals surface area contributed by atoms with E-state index in [1.165, 1.54) is 11.1 Å². The Morgan fingerprint density at radius 1 is 0.769 bits per heavy atom. The minimum atomic E-state index is -0.625. The third-order valence-electron chi connectivity index (χ3n) is 6.73. The number of nitrogens with one attached hydrogen (secondary N) is 2. The first-order chi connectivity index (χ1) is 19.2. The van der Waals surface area contributed by atoms with Gasteiger partial charge < -0.3 is 15.4 Å². The number of anilines is 1. The van der Waals surface area contributed by atoms with Crippen molar-refractivity contribution in [1.29, 1.82) is 0 Å². The predicted molar refractivity (Wildman–Crippen MR) is 155 cm³/mol. The lowest BCUT2D eigenvalue weighted by atomic mass is 9.98. The fraction of sp³-hybridized carbons (Fsp3) is 0.0938. The van der Waals surface area contributed by atoms with E-state index in [1.54, 1.807) is 11.3 Å². The van der Waals surface area contributed by atoms with Gasteiger partial charge in [0.05, 0.1) is 5.69 Å². The molecule has 1 aromatic heterocycles. The van der Waals surface area contributed by atoms with Gasteiger partial charge in [-0.15, -0.1) is 11.3 Å². The van der Waals surface area contributed by atoms with E-state index in [9.17, 15) is 9.59 Å². The number of alkyl carbamates (subject to hydrolysis) is 1. The number of hydrogen-bond acceptors (Lipinski definition) is 5. The number of carbonyl (C=O) groups excluding carboxylic acids is 2. The molecule has 192 valence electrons. The quantitative estimate of drug-likeness (QED) is 0.238. The van der Waals surface area contributed by atoms with Gasteiger partial charge in [-0.1, -0.05) is 91.0 Å². The van der Waals surface area contributed by atoms with Crippen LogP contribution in [0, 0.1) is 0 Å². The fourth-order valence-electron chi connectivity index (χ4n) is 4.85. The molecule has 0 radical (unpaired) electrons. The number of nitrogens with zero attached hydrogens (tertiary/aromatic N) is 1. The number of ether oxygens (including phenoxy) is 1. The summed E-state index contributed by atoms with van der Waals surface area (Å²) in [6.07, 6.45) is -0.625. The number of carbonyl (C=O) groups is 2. The molecule has 0 spiro atoms. The van der Waals surface area contributed by atoms with Crippen molar-refractivity contribution in [3.05, 3.63) is 120 Å². The highest BCUT2D eigenvalue weighted by molar-refractivity contribution is 7.13. The number of hydrogen-bond donors (Lipinski definition) is 2. The van der Waals surface area contributed by atoms with Crippen molar-refractivity contribution in [3.63, 3.8) is 0 Å². The first-order valence-electron chi connectivity index (χ1n) is 12.7. The normalized spacial score (nSPS) is 11.9. The summed E-state index contributed by atoms with van der Waals surface area (Å²) >= 11 is 1.59. The van der Waals surface area contributed by atoms with Gasteiger partial charge in [-0.3, -0.25) is 4.79 Å². The van der Waals surface area contributed by atoms with Crippen molar-refractivity contribution in [3.8, 4) is 33.0 Å². The van der Waals surface area contributed by atoms with Crippen molar-refractivity contribution in [1.82, 2.24) is 10.3 Å². The van der Waals surface area contributed by atoms with Crippen molar-refractivity contribution in [2.45, 2.75) is 5.92 Å². The molecule has 0 saturated carbocycles. The molecule has 6 nitrogen and oxygen atoms in total. The summed E-state index contributed by atoms with van der Waals surface area (Å²) < 4.78 is 5.50. The molecule has 0 bridgehead atoms. The average Bonchev–Trinajstić information content (AvgIpc) is 3.60. The molecule has 39 heavy (non-hydrogen) atoms. The molecule has 0 atom stereocenters. The molecule has 1 aliphatic carbocycles. The second-order valence-corrected chi connectivity index (χ2v) is 10.1. The number of fused-ring (bicyclic) bond motifs is 3. The predicted octanol–water partition coefficient (Wildman–Crippen LogP) is 6.95. The van der Waals surface area contributed by atoms with E-state index < -0.39 is 6.09 Å². The van der Waals surface area contributed by atoms with E-state index in [4.69, 9.17) is 9.72 Å². The third kappa shape index (κ3) is 5.30. The molecule has 0 saturated heterocycles. The van der Waals surface area contributed by atoms with E-state index in [-0.39, 0.29) is 25.0 Å². The van der Waals surface area contributed by atoms with E-state index in [0.717, 1.165) is 33.0 Å². The minimum absolute atomic E-state index is 0.0306. The minimum Gasteiger partial charge on any atom is -0.449 e. The van der Waals surface area contributed by atoms with Crippen LogP contribution in [0.5, 0.6) is 0 Å². The Hall–Kier alpha value is -4.75. The summed E-state index contributed by atoms with van der Waals surface area (Å²) in [6, 6.07) is 33.8. The van der Waals surface area contributed by atoms with Crippen LogP contribution in [0.1, 0.15) is 17.0 Å². The summed E-state index contributed by atoms with van der Waals surface area (Å²) in [5, 5.41) is 8.33. The summed E-state index contributed by atoms with van der Waals surface area (Å²) in [6.45, 7) is 0.0104. The van der Waals surface area contributed by atoms with E-state index in [0.29, 0.717) is 5.69 Å². The van der Waals surface area contributed by atoms with Crippen molar-refractivity contribution >= 4 is 29.0 Å². The zero-order chi connectivity index (χ0) is 26.6. The van der Waals surface area contributed by atoms with Crippen LogP contribution in [0.3, 0.4) is 0 Å². The van der Waals surface area contributed by atoms with Crippen molar-refractivity contribution in [2.24, 2.45) is 0 Å². The lowest BCUT2D eigenvalue weighted by Gasteiger charge is -2.14. The fourth-order valence-corrected chi connectivity index (χ4v) is 5.69. The molecule has 4 aromatic carbocycles. The Bertz CT molecular complexity index is 1580. The molecule has 2 amide bonds. The van der Waals surface area contributed by atoms with Gasteiger partial charge >= 0.3 is 6.09 Å². The molecule has 0 fully saturated rings.